The van der Waals surface area contributed by atoms with Crippen molar-refractivity contribution in [2.75, 3.05) is 6.61 Å². The minimum atomic E-state index is -0.727. The van der Waals surface area contributed by atoms with Gasteiger partial charge in [-0.25, -0.2) is 0 Å². The number of aliphatic hydroxyl groups excluding tert-OH is 3. The zero-order chi connectivity index (χ0) is 22.6. The molecule has 3 N–H and O–H groups in total. The molecule has 2 saturated heterocycles. The maximum absolute atomic E-state index is 11.8. The second kappa shape index (κ2) is 7.16. The summed E-state index contributed by atoms with van der Waals surface area (Å²) < 4.78 is 13.2. The van der Waals surface area contributed by atoms with Gasteiger partial charge in [0.1, 0.15) is 0 Å². The van der Waals surface area contributed by atoms with E-state index < -0.39 is 18.0 Å². The average Bonchev–Trinajstić information content (AvgIpc) is 3.20. The van der Waals surface area contributed by atoms with Crippen LogP contribution in [-0.2, 0) is 9.47 Å². The van der Waals surface area contributed by atoms with E-state index in [2.05, 4.69) is 27.7 Å². The van der Waals surface area contributed by atoms with Gasteiger partial charge in [0.2, 0.25) is 0 Å². The van der Waals surface area contributed by atoms with Gasteiger partial charge in [0.25, 0.3) is 0 Å². The molecule has 0 bridgehead atoms. The van der Waals surface area contributed by atoms with Crippen LogP contribution in [0.1, 0.15) is 79.1 Å². The van der Waals surface area contributed by atoms with Gasteiger partial charge in [-0.15, -0.1) is 0 Å². The van der Waals surface area contributed by atoms with Gasteiger partial charge in [-0.05, 0) is 80.0 Å². The Morgan fingerprint density at radius 2 is 1.66 bits per heavy atom. The third kappa shape index (κ3) is 2.69. The average molecular weight is 449 g/mol. The van der Waals surface area contributed by atoms with Crippen molar-refractivity contribution in [1.82, 2.24) is 0 Å². The van der Waals surface area contributed by atoms with E-state index in [4.69, 9.17) is 9.47 Å². The normalized spacial score (nSPS) is 64.0. The van der Waals surface area contributed by atoms with Gasteiger partial charge in [-0.2, -0.15) is 0 Å². The summed E-state index contributed by atoms with van der Waals surface area (Å²) in [5.41, 5.74) is -0.324. The van der Waals surface area contributed by atoms with E-state index >= 15 is 0 Å². The first-order chi connectivity index (χ1) is 15.1. The number of hydrogen-bond donors (Lipinski definition) is 3. The molecule has 1 spiro atoms. The molecule has 6 aliphatic rings. The lowest BCUT2D eigenvalue weighted by Gasteiger charge is -2.64. The van der Waals surface area contributed by atoms with Crippen molar-refractivity contribution in [3.63, 3.8) is 0 Å². The Labute approximate surface area is 193 Å². The first-order valence-electron chi connectivity index (χ1n) is 13.5. The zero-order valence-corrected chi connectivity index (χ0v) is 20.4. The second-order valence-electron chi connectivity index (χ2n) is 13.3. The zero-order valence-electron chi connectivity index (χ0n) is 20.4. The van der Waals surface area contributed by atoms with E-state index in [0.29, 0.717) is 23.7 Å². The molecule has 0 radical (unpaired) electrons. The van der Waals surface area contributed by atoms with Gasteiger partial charge in [0.15, 0.2) is 5.79 Å². The molecule has 0 aromatic carbocycles. The molecule has 6 rings (SSSR count). The number of rotatable bonds is 0. The molecule has 0 amide bonds. The van der Waals surface area contributed by atoms with E-state index in [9.17, 15) is 15.3 Å². The van der Waals surface area contributed by atoms with Crippen LogP contribution in [0.5, 0.6) is 0 Å². The van der Waals surface area contributed by atoms with Crippen molar-refractivity contribution in [3.8, 4) is 0 Å². The Kier molecular flexibility index (Phi) is 4.99. The molecular weight excluding hydrogens is 404 g/mol. The van der Waals surface area contributed by atoms with E-state index in [1.54, 1.807) is 0 Å². The van der Waals surface area contributed by atoms with Gasteiger partial charge >= 0.3 is 0 Å². The summed E-state index contributed by atoms with van der Waals surface area (Å²) in [6.07, 6.45) is 6.44. The molecule has 0 unspecified atom stereocenters. The van der Waals surface area contributed by atoms with Crippen molar-refractivity contribution >= 4 is 0 Å². The molecule has 5 heteroatoms. The highest BCUT2D eigenvalue weighted by molar-refractivity contribution is 5.20. The summed E-state index contributed by atoms with van der Waals surface area (Å²) in [5.74, 6) is 1.92. The Balaban J connectivity index is 1.33. The lowest BCUT2D eigenvalue weighted by atomic mass is 9.43. The molecule has 4 saturated carbocycles. The summed E-state index contributed by atoms with van der Waals surface area (Å²) in [4.78, 5) is 0. The molecule has 0 aromatic rings. The topological polar surface area (TPSA) is 79.2 Å². The van der Waals surface area contributed by atoms with Crippen molar-refractivity contribution < 1.29 is 24.8 Å². The summed E-state index contributed by atoms with van der Waals surface area (Å²) >= 11 is 0. The Bertz CT molecular complexity index is 748. The fourth-order valence-corrected chi connectivity index (χ4v) is 10.3. The predicted octanol–water partition coefficient (Wildman–Crippen LogP) is 3.74. The SMILES string of the molecule is C[C@@H]1CC[C@@]2(OC1)O[C@H]1C[C@H]3[C@@H]4CC[C@H]5C[C@@H](O)CC[C@]5(C)[C@H]4[C@H](O)[C@H](O)[C@]3(C)[C@H]1[C@@H]2C. The number of aliphatic hydroxyl groups is 3. The standard InChI is InChI=1S/C27H44O5/c1-14-7-10-27(31-13-14)15(2)21-20(32-27)12-19-18-6-5-16-11-17(28)8-9-25(16,3)22(18)23(29)24(30)26(19,21)4/h14-24,28-30H,5-13H2,1-4H3/t14-,15+,16+,17+,18+,19+,20+,21+,22-,23+,24+,25+,26+,27-/m1/s1. The Morgan fingerprint density at radius 1 is 0.875 bits per heavy atom. The van der Waals surface area contributed by atoms with Crippen molar-refractivity contribution in [3.05, 3.63) is 0 Å². The third-order valence-corrected chi connectivity index (χ3v) is 12.0. The van der Waals surface area contributed by atoms with Gasteiger partial charge in [-0.1, -0.05) is 27.7 Å². The smallest absolute Gasteiger partial charge is 0.171 e. The monoisotopic (exact) mass is 448 g/mol. The number of hydrogen-bond acceptors (Lipinski definition) is 5. The fourth-order valence-electron chi connectivity index (χ4n) is 10.3. The highest BCUT2D eigenvalue weighted by atomic mass is 16.7. The molecule has 182 valence electrons. The van der Waals surface area contributed by atoms with Crippen molar-refractivity contribution in [2.24, 2.45) is 52.3 Å². The lowest BCUT2D eigenvalue weighted by Crippen LogP contribution is -2.65. The van der Waals surface area contributed by atoms with Crippen LogP contribution < -0.4 is 0 Å². The Hall–Kier alpha value is -0.200. The lowest BCUT2D eigenvalue weighted by molar-refractivity contribution is -0.278. The first kappa shape index (κ1) is 22.3. The molecule has 0 aromatic heterocycles. The van der Waals surface area contributed by atoms with Gasteiger partial charge in [0.05, 0.1) is 31.0 Å². The van der Waals surface area contributed by atoms with Crippen LogP contribution in [0, 0.1) is 52.3 Å². The van der Waals surface area contributed by atoms with Gasteiger partial charge < -0.3 is 24.8 Å². The molecule has 2 aliphatic heterocycles. The van der Waals surface area contributed by atoms with Crippen LogP contribution in [0.3, 0.4) is 0 Å². The molecule has 4 aliphatic carbocycles. The van der Waals surface area contributed by atoms with Gasteiger partial charge in [-0.3, -0.25) is 0 Å². The van der Waals surface area contributed by atoms with Crippen LogP contribution in [0.4, 0.5) is 0 Å². The summed E-state index contributed by atoms with van der Waals surface area (Å²) in [6, 6.07) is 0. The largest absolute Gasteiger partial charge is 0.393 e. The third-order valence-electron chi connectivity index (χ3n) is 12.0. The first-order valence-corrected chi connectivity index (χ1v) is 13.5. The van der Waals surface area contributed by atoms with Crippen molar-refractivity contribution in [1.29, 1.82) is 0 Å². The molecule has 6 fully saturated rings. The van der Waals surface area contributed by atoms with Crippen LogP contribution in [0.15, 0.2) is 0 Å². The second-order valence-corrected chi connectivity index (χ2v) is 13.3. The van der Waals surface area contributed by atoms with Crippen molar-refractivity contribution in [2.45, 2.75) is 109 Å². The van der Waals surface area contributed by atoms with Gasteiger partial charge in [0, 0.05) is 23.7 Å². The highest BCUT2D eigenvalue weighted by Crippen LogP contribution is 2.71. The maximum atomic E-state index is 11.8. The molecule has 2 heterocycles. The van der Waals surface area contributed by atoms with Crippen LogP contribution in [0.25, 0.3) is 0 Å². The highest BCUT2D eigenvalue weighted by Gasteiger charge is 2.73. The molecule has 32 heavy (non-hydrogen) atoms. The number of ether oxygens (including phenoxy) is 2. The summed E-state index contributed by atoms with van der Waals surface area (Å²) in [6.45, 7) is 9.88. The minimum Gasteiger partial charge on any atom is -0.393 e. The Morgan fingerprint density at radius 3 is 2.38 bits per heavy atom. The van der Waals surface area contributed by atoms with E-state index in [1.165, 1.54) is 0 Å². The summed E-state index contributed by atoms with van der Waals surface area (Å²) in [5, 5.41) is 33.8. The molecule has 14 atom stereocenters. The fraction of sp³-hybridized carbons (Fsp3) is 1.00. The van der Waals surface area contributed by atoms with E-state index in [0.717, 1.165) is 58.0 Å². The number of fused-ring (bicyclic) bond motifs is 7. The van der Waals surface area contributed by atoms with E-state index in [-0.39, 0.29) is 40.8 Å². The maximum Gasteiger partial charge on any atom is 0.171 e. The molecular formula is C27H44O5. The van der Waals surface area contributed by atoms with E-state index in [1.807, 2.05) is 0 Å². The quantitative estimate of drug-likeness (QED) is 0.526. The predicted molar refractivity (Wildman–Crippen MR) is 121 cm³/mol. The van der Waals surface area contributed by atoms with Crippen LogP contribution in [-0.4, -0.2) is 52.1 Å². The summed E-state index contributed by atoms with van der Waals surface area (Å²) in [7, 11) is 0. The molecule has 5 nitrogen and oxygen atoms in total. The minimum absolute atomic E-state index is 0.0118. The van der Waals surface area contributed by atoms with Crippen LogP contribution in [0.2, 0.25) is 0 Å². The van der Waals surface area contributed by atoms with Crippen LogP contribution >= 0.6 is 0 Å².